The molecule has 1 unspecified atom stereocenters. The van der Waals surface area contributed by atoms with Crippen LogP contribution in [0.3, 0.4) is 0 Å². The van der Waals surface area contributed by atoms with Crippen molar-refractivity contribution >= 4 is 34.6 Å². The van der Waals surface area contributed by atoms with Crippen LogP contribution in [0, 0.1) is 13.8 Å². The van der Waals surface area contributed by atoms with E-state index in [-0.39, 0.29) is 11.7 Å². The third-order valence-corrected chi connectivity index (χ3v) is 6.83. The Morgan fingerprint density at radius 2 is 1.88 bits per heavy atom. The first-order chi connectivity index (χ1) is 20.0. The van der Waals surface area contributed by atoms with Gasteiger partial charge in [-0.15, -0.1) is 0 Å². The number of aryl methyl sites for hydroxylation is 2. The Hall–Kier alpha value is -4.65. The van der Waals surface area contributed by atoms with Gasteiger partial charge in [0.2, 0.25) is 0 Å². The third kappa shape index (κ3) is 6.46. The summed E-state index contributed by atoms with van der Waals surface area (Å²) in [6.07, 6.45) is -3.31. The van der Waals surface area contributed by atoms with Gasteiger partial charge in [0.05, 0.1) is 24.0 Å². The summed E-state index contributed by atoms with van der Waals surface area (Å²) < 4.78 is 48.5. The van der Waals surface area contributed by atoms with Gasteiger partial charge < -0.3 is 25.6 Å². The molecule has 2 aromatic carbocycles. The van der Waals surface area contributed by atoms with Gasteiger partial charge in [0, 0.05) is 54.9 Å². The van der Waals surface area contributed by atoms with Crippen LogP contribution in [0.25, 0.3) is 5.82 Å². The normalized spacial score (nSPS) is 15.4. The molecule has 0 spiro atoms. The van der Waals surface area contributed by atoms with E-state index in [1.807, 2.05) is 32.9 Å². The van der Waals surface area contributed by atoms with Crippen molar-refractivity contribution in [2.24, 2.45) is 0 Å². The van der Waals surface area contributed by atoms with Crippen LogP contribution in [-0.2, 0) is 10.9 Å². The zero-order valence-electron chi connectivity index (χ0n) is 23.6. The minimum atomic E-state index is -4.61. The number of morpholine rings is 1. The number of alkyl halides is 3. The molecule has 3 N–H and O–H groups in total. The van der Waals surface area contributed by atoms with E-state index in [0.717, 1.165) is 23.4 Å². The minimum Gasteiger partial charge on any atom is -0.375 e. The second-order valence-corrected chi connectivity index (χ2v) is 10.1. The third-order valence-electron chi connectivity index (χ3n) is 6.83. The molecule has 3 heterocycles. The van der Waals surface area contributed by atoms with E-state index in [4.69, 9.17) is 4.74 Å². The molecule has 1 amide bonds. The Bertz CT molecular complexity index is 1600. The van der Waals surface area contributed by atoms with Crippen molar-refractivity contribution in [3.8, 4) is 5.82 Å². The van der Waals surface area contributed by atoms with Gasteiger partial charge in [0.15, 0.2) is 5.82 Å². The van der Waals surface area contributed by atoms with Gasteiger partial charge in [-0.1, -0.05) is 6.07 Å². The molecule has 220 valence electrons. The lowest BCUT2D eigenvalue weighted by molar-refractivity contribution is -0.137. The number of ether oxygens (including phenoxy) is 1. The van der Waals surface area contributed by atoms with Gasteiger partial charge >= 0.3 is 6.18 Å². The standard InChI is InChI=1S/C29H31F3N8O2/c1-17-5-6-22(13-24(17)37-27-9-18(2)38-40(27)26-14-25(33-4)34-16-35-26)36-28(41)20-10-21(29(30,31)32)12-23(11-20)39-7-8-42-19(3)15-39/h5-6,9-14,16,19,37H,7-8,15H2,1-4H3,(H,36,41)(H,33,34,35). The lowest BCUT2D eigenvalue weighted by atomic mass is 10.1. The van der Waals surface area contributed by atoms with Crippen LogP contribution in [0.1, 0.15) is 34.1 Å². The monoisotopic (exact) mass is 580 g/mol. The number of hydrogen-bond acceptors (Lipinski definition) is 8. The zero-order chi connectivity index (χ0) is 30.0. The average Bonchev–Trinajstić information content (AvgIpc) is 3.33. The van der Waals surface area contributed by atoms with E-state index < -0.39 is 17.6 Å². The fraction of sp³-hybridized carbons (Fsp3) is 0.310. The number of rotatable bonds is 7. The SMILES string of the molecule is CNc1cc(-n2nc(C)cc2Nc2cc(NC(=O)c3cc(N4CCOC(C)C4)cc(C(F)(F)F)c3)ccc2C)ncn1. The predicted molar refractivity (Wildman–Crippen MR) is 155 cm³/mol. The van der Waals surface area contributed by atoms with Crippen LogP contribution in [0.2, 0.25) is 0 Å². The maximum absolute atomic E-state index is 13.8. The van der Waals surface area contributed by atoms with Crippen molar-refractivity contribution in [1.82, 2.24) is 19.7 Å². The van der Waals surface area contributed by atoms with E-state index in [1.165, 1.54) is 12.4 Å². The lowest BCUT2D eigenvalue weighted by Gasteiger charge is -2.33. The summed E-state index contributed by atoms with van der Waals surface area (Å²) in [5.41, 5.74) is 2.06. The average molecular weight is 581 g/mol. The Kier molecular flexibility index (Phi) is 8.03. The molecule has 2 aromatic heterocycles. The van der Waals surface area contributed by atoms with E-state index >= 15 is 0 Å². The number of benzene rings is 2. The largest absolute Gasteiger partial charge is 0.416 e. The summed E-state index contributed by atoms with van der Waals surface area (Å²) in [5, 5.41) is 13.6. The number of nitrogens with one attached hydrogen (secondary N) is 3. The number of carbonyl (C=O) groups excluding carboxylic acids is 1. The van der Waals surface area contributed by atoms with Crippen molar-refractivity contribution in [2.45, 2.75) is 33.1 Å². The molecule has 1 atom stereocenters. The molecule has 0 radical (unpaired) electrons. The van der Waals surface area contributed by atoms with Gasteiger partial charge in [-0.3, -0.25) is 4.79 Å². The first kappa shape index (κ1) is 28.9. The first-order valence-corrected chi connectivity index (χ1v) is 13.3. The molecule has 0 saturated carbocycles. The van der Waals surface area contributed by atoms with E-state index in [1.54, 1.807) is 34.8 Å². The molecule has 4 aromatic rings. The Morgan fingerprint density at radius 1 is 1.07 bits per heavy atom. The molecular weight excluding hydrogens is 549 g/mol. The summed E-state index contributed by atoms with van der Waals surface area (Å²) in [6, 6.07) is 12.3. The maximum Gasteiger partial charge on any atom is 0.416 e. The number of aromatic nitrogens is 4. The molecule has 42 heavy (non-hydrogen) atoms. The molecule has 0 bridgehead atoms. The molecule has 5 rings (SSSR count). The zero-order valence-corrected chi connectivity index (χ0v) is 23.6. The van der Waals surface area contributed by atoms with E-state index in [9.17, 15) is 18.0 Å². The molecule has 1 aliphatic rings. The van der Waals surface area contributed by atoms with Gasteiger partial charge in [0.1, 0.15) is 18.0 Å². The molecule has 0 aliphatic carbocycles. The molecule has 1 fully saturated rings. The van der Waals surface area contributed by atoms with E-state index in [2.05, 4.69) is 31.0 Å². The fourth-order valence-corrected chi connectivity index (χ4v) is 4.68. The lowest BCUT2D eigenvalue weighted by Crippen LogP contribution is -2.41. The second kappa shape index (κ2) is 11.7. The van der Waals surface area contributed by atoms with Crippen molar-refractivity contribution in [1.29, 1.82) is 0 Å². The van der Waals surface area contributed by atoms with Crippen LogP contribution in [0.15, 0.2) is 54.9 Å². The van der Waals surface area contributed by atoms with Gasteiger partial charge in [-0.25, -0.2) is 9.97 Å². The summed E-state index contributed by atoms with van der Waals surface area (Å²) >= 11 is 0. The highest BCUT2D eigenvalue weighted by Crippen LogP contribution is 2.34. The number of amides is 1. The Balaban J connectivity index is 1.41. The molecular formula is C29H31F3N8O2. The van der Waals surface area contributed by atoms with Gasteiger partial charge in [-0.05, 0) is 56.7 Å². The maximum atomic E-state index is 13.8. The fourth-order valence-electron chi connectivity index (χ4n) is 4.68. The number of nitrogens with zero attached hydrogens (tertiary/aromatic N) is 5. The van der Waals surface area contributed by atoms with Crippen molar-refractivity contribution < 1.29 is 22.7 Å². The Labute approximate surface area is 240 Å². The van der Waals surface area contributed by atoms with Gasteiger partial charge in [-0.2, -0.15) is 23.0 Å². The predicted octanol–water partition coefficient (Wildman–Crippen LogP) is 5.56. The topological polar surface area (TPSA) is 109 Å². The molecule has 1 saturated heterocycles. The number of carbonyl (C=O) groups is 1. The smallest absolute Gasteiger partial charge is 0.375 e. The van der Waals surface area contributed by atoms with Crippen molar-refractivity contribution in [3.63, 3.8) is 0 Å². The first-order valence-electron chi connectivity index (χ1n) is 13.3. The number of anilines is 5. The summed E-state index contributed by atoms with van der Waals surface area (Å²) in [7, 11) is 1.76. The van der Waals surface area contributed by atoms with Crippen LogP contribution in [0.4, 0.5) is 41.9 Å². The summed E-state index contributed by atoms with van der Waals surface area (Å²) in [4.78, 5) is 23.5. The van der Waals surface area contributed by atoms with Crippen molar-refractivity contribution in [3.05, 3.63) is 77.2 Å². The van der Waals surface area contributed by atoms with Crippen LogP contribution in [0.5, 0.6) is 0 Å². The quantitative estimate of drug-likeness (QED) is 0.261. The van der Waals surface area contributed by atoms with Crippen LogP contribution >= 0.6 is 0 Å². The minimum absolute atomic E-state index is 0.0909. The highest BCUT2D eigenvalue weighted by atomic mass is 19.4. The summed E-state index contributed by atoms with van der Waals surface area (Å²) in [6.45, 7) is 6.86. The van der Waals surface area contributed by atoms with Crippen LogP contribution in [-0.4, -0.2) is 58.5 Å². The van der Waals surface area contributed by atoms with Crippen LogP contribution < -0.4 is 20.9 Å². The van der Waals surface area contributed by atoms with E-state index in [0.29, 0.717) is 54.2 Å². The highest BCUT2D eigenvalue weighted by Gasteiger charge is 2.33. The van der Waals surface area contributed by atoms with Gasteiger partial charge in [0.25, 0.3) is 5.91 Å². The number of halogens is 3. The summed E-state index contributed by atoms with van der Waals surface area (Å²) in [5.74, 6) is 1.14. The highest BCUT2D eigenvalue weighted by molar-refractivity contribution is 6.05. The molecule has 1 aliphatic heterocycles. The number of hydrogen-bond donors (Lipinski definition) is 3. The second-order valence-electron chi connectivity index (χ2n) is 10.1. The van der Waals surface area contributed by atoms with Crippen molar-refractivity contribution in [2.75, 3.05) is 47.6 Å². The Morgan fingerprint density at radius 3 is 2.62 bits per heavy atom. The molecule has 10 nitrogen and oxygen atoms in total. The molecule has 13 heteroatoms.